The van der Waals surface area contributed by atoms with Crippen molar-refractivity contribution in [2.24, 2.45) is 0 Å². The first-order chi connectivity index (χ1) is 14.6. The van der Waals surface area contributed by atoms with Crippen LogP contribution in [0, 0.1) is 6.92 Å². The van der Waals surface area contributed by atoms with E-state index in [0.29, 0.717) is 11.4 Å². The van der Waals surface area contributed by atoms with Gasteiger partial charge in [-0.2, -0.15) is 5.10 Å². The monoisotopic (exact) mass is 406 g/mol. The number of nitrogens with one attached hydrogen (secondary N) is 1. The molecule has 1 N–H and O–H groups in total. The molecule has 30 heavy (non-hydrogen) atoms. The molecule has 1 aromatic carbocycles. The van der Waals surface area contributed by atoms with Crippen LogP contribution in [0.4, 0.5) is 0 Å². The van der Waals surface area contributed by atoms with Gasteiger partial charge in [-0.15, -0.1) is 0 Å². The molecule has 3 aromatic heterocycles. The lowest BCUT2D eigenvalue weighted by Gasteiger charge is -2.32. The number of aromatic nitrogens is 5. The SMILES string of the molecule is CCN1CCC[C@@H](n2c(=O)[nH]c3cc(-c4cc(OC)c5ncnn5c4)c(C)cc32)C1. The Bertz CT molecular complexity index is 1280. The third-order valence-corrected chi connectivity index (χ3v) is 6.23. The summed E-state index contributed by atoms with van der Waals surface area (Å²) in [5.41, 5.74) is 5.56. The number of likely N-dealkylation sites (N-methyl/N-ethyl adjacent to an activating group) is 1. The first-order valence-corrected chi connectivity index (χ1v) is 10.4. The van der Waals surface area contributed by atoms with Gasteiger partial charge in [0.15, 0.2) is 11.4 Å². The summed E-state index contributed by atoms with van der Waals surface area (Å²) in [6.07, 6.45) is 5.60. The lowest BCUT2D eigenvalue weighted by molar-refractivity contribution is 0.185. The molecule has 1 atom stereocenters. The molecule has 5 rings (SSSR count). The number of ether oxygens (including phenoxy) is 1. The number of likely N-dealkylation sites (tertiary alicyclic amines) is 1. The maximum atomic E-state index is 12.9. The Morgan fingerprint density at radius 2 is 2.17 bits per heavy atom. The predicted molar refractivity (Wildman–Crippen MR) is 116 cm³/mol. The van der Waals surface area contributed by atoms with Crippen LogP contribution in [0.15, 0.2) is 35.5 Å². The molecule has 0 amide bonds. The first-order valence-electron chi connectivity index (χ1n) is 10.4. The molecule has 0 unspecified atom stereocenters. The fourth-order valence-electron chi connectivity index (χ4n) is 4.67. The van der Waals surface area contributed by atoms with E-state index in [2.05, 4.69) is 45.9 Å². The predicted octanol–water partition coefficient (Wildman–Crippen LogP) is 3.01. The molecule has 0 aliphatic carbocycles. The van der Waals surface area contributed by atoms with E-state index in [0.717, 1.165) is 60.2 Å². The van der Waals surface area contributed by atoms with Crippen molar-refractivity contribution >= 4 is 16.7 Å². The van der Waals surface area contributed by atoms with Gasteiger partial charge in [0.1, 0.15) is 6.33 Å². The van der Waals surface area contributed by atoms with E-state index >= 15 is 0 Å². The van der Waals surface area contributed by atoms with E-state index in [-0.39, 0.29) is 11.7 Å². The number of piperidine rings is 1. The van der Waals surface area contributed by atoms with Crippen molar-refractivity contribution in [1.82, 2.24) is 29.0 Å². The summed E-state index contributed by atoms with van der Waals surface area (Å²) >= 11 is 0. The molecule has 4 aromatic rings. The fraction of sp³-hybridized carbons (Fsp3) is 0.409. The molecule has 0 radical (unpaired) electrons. The zero-order valence-corrected chi connectivity index (χ0v) is 17.6. The molecule has 1 fully saturated rings. The maximum absolute atomic E-state index is 12.9. The van der Waals surface area contributed by atoms with Gasteiger partial charge in [0.05, 0.1) is 24.2 Å². The molecule has 1 saturated heterocycles. The van der Waals surface area contributed by atoms with Crippen LogP contribution in [0.2, 0.25) is 0 Å². The lowest BCUT2D eigenvalue weighted by Crippen LogP contribution is -2.39. The molecule has 1 aliphatic rings. The van der Waals surface area contributed by atoms with E-state index in [1.54, 1.807) is 11.6 Å². The Kier molecular flexibility index (Phi) is 4.58. The standard InChI is InChI=1S/C22H26N6O2/c1-4-26-7-5-6-16(12-26)28-19-8-14(2)17(10-18(19)25-22(28)29)15-9-20(30-3)21-23-13-24-27(21)11-15/h8-11,13,16H,4-7,12H2,1-3H3,(H,25,29)/t16-/m1/s1. The Hall–Kier alpha value is -3.13. The lowest BCUT2D eigenvalue weighted by atomic mass is 10.0. The van der Waals surface area contributed by atoms with Crippen LogP contribution in [0.5, 0.6) is 5.75 Å². The summed E-state index contributed by atoms with van der Waals surface area (Å²) < 4.78 is 9.18. The van der Waals surface area contributed by atoms with Gasteiger partial charge >= 0.3 is 5.69 Å². The number of aromatic amines is 1. The first kappa shape index (κ1) is 18.9. The topological polar surface area (TPSA) is 80.5 Å². The minimum atomic E-state index is -0.0335. The van der Waals surface area contributed by atoms with Gasteiger partial charge < -0.3 is 14.6 Å². The molecule has 4 heterocycles. The van der Waals surface area contributed by atoms with Crippen LogP contribution in [-0.2, 0) is 0 Å². The average molecular weight is 406 g/mol. The summed E-state index contributed by atoms with van der Waals surface area (Å²) in [6.45, 7) is 7.30. The summed E-state index contributed by atoms with van der Waals surface area (Å²) in [5.74, 6) is 0.664. The average Bonchev–Trinajstić information content (AvgIpc) is 3.35. The van der Waals surface area contributed by atoms with Gasteiger partial charge in [0, 0.05) is 18.3 Å². The minimum Gasteiger partial charge on any atom is -0.493 e. The second kappa shape index (κ2) is 7.28. The highest BCUT2D eigenvalue weighted by Crippen LogP contribution is 2.32. The number of hydrogen-bond acceptors (Lipinski definition) is 5. The molecular formula is C22H26N6O2. The molecule has 0 bridgehead atoms. The Labute approximate surface area is 174 Å². The van der Waals surface area contributed by atoms with Crippen molar-refractivity contribution in [3.05, 3.63) is 46.8 Å². The van der Waals surface area contributed by atoms with Crippen LogP contribution >= 0.6 is 0 Å². The van der Waals surface area contributed by atoms with Crippen molar-refractivity contribution in [3.8, 4) is 16.9 Å². The van der Waals surface area contributed by atoms with E-state index in [4.69, 9.17) is 4.74 Å². The minimum absolute atomic E-state index is 0.0335. The number of fused-ring (bicyclic) bond motifs is 2. The normalized spacial score (nSPS) is 17.8. The van der Waals surface area contributed by atoms with Crippen LogP contribution in [-0.4, -0.2) is 55.8 Å². The van der Waals surface area contributed by atoms with Crippen LogP contribution in [0.3, 0.4) is 0 Å². The number of rotatable bonds is 4. The van der Waals surface area contributed by atoms with Crippen LogP contribution < -0.4 is 10.4 Å². The van der Waals surface area contributed by atoms with Crippen molar-refractivity contribution in [3.63, 3.8) is 0 Å². The smallest absolute Gasteiger partial charge is 0.326 e. The Morgan fingerprint density at radius 1 is 1.30 bits per heavy atom. The van der Waals surface area contributed by atoms with Gasteiger partial charge in [-0.25, -0.2) is 14.3 Å². The summed E-state index contributed by atoms with van der Waals surface area (Å²) in [4.78, 5) is 22.6. The van der Waals surface area contributed by atoms with Crippen LogP contribution in [0.25, 0.3) is 27.8 Å². The highest BCUT2D eigenvalue weighted by Gasteiger charge is 2.24. The van der Waals surface area contributed by atoms with E-state index in [9.17, 15) is 4.79 Å². The molecule has 8 heteroatoms. The number of methoxy groups -OCH3 is 1. The van der Waals surface area contributed by atoms with Crippen LogP contribution in [0.1, 0.15) is 31.4 Å². The van der Waals surface area contributed by atoms with Crippen molar-refractivity contribution in [2.45, 2.75) is 32.7 Å². The van der Waals surface area contributed by atoms with Gasteiger partial charge in [-0.05, 0) is 62.2 Å². The largest absolute Gasteiger partial charge is 0.493 e. The molecule has 0 spiro atoms. The number of benzene rings is 1. The molecule has 1 aliphatic heterocycles. The molecule has 8 nitrogen and oxygen atoms in total. The quantitative estimate of drug-likeness (QED) is 0.564. The number of H-pyrrole nitrogens is 1. The zero-order valence-electron chi connectivity index (χ0n) is 17.6. The maximum Gasteiger partial charge on any atom is 0.326 e. The molecule has 0 saturated carbocycles. The number of imidazole rings is 1. The zero-order chi connectivity index (χ0) is 20.8. The fourth-order valence-corrected chi connectivity index (χ4v) is 4.67. The number of pyridine rings is 1. The van der Waals surface area contributed by atoms with Gasteiger partial charge in [0.25, 0.3) is 0 Å². The van der Waals surface area contributed by atoms with Crippen molar-refractivity contribution in [1.29, 1.82) is 0 Å². The summed E-state index contributed by atoms with van der Waals surface area (Å²) in [6, 6.07) is 6.34. The molecular weight excluding hydrogens is 380 g/mol. The second-order valence-electron chi connectivity index (χ2n) is 8.00. The van der Waals surface area contributed by atoms with Gasteiger partial charge in [-0.3, -0.25) is 4.57 Å². The van der Waals surface area contributed by atoms with E-state index in [1.165, 1.54) is 6.33 Å². The Morgan fingerprint density at radius 3 is 2.97 bits per heavy atom. The van der Waals surface area contributed by atoms with Crippen molar-refractivity contribution in [2.75, 3.05) is 26.7 Å². The number of aryl methyl sites for hydroxylation is 1. The third kappa shape index (κ3) is 2.99. The second-order valence-corrected chi connectivity index (χ2v) is 8.00. The van der Waals surface area contributed by atoms with Crippen molar-refractivity contribution < 1.29 is 4.74 Å². The third-order valence-electron chi connectivity index (χ3n) is 6.23. The van der Waals surface area contributed by atoms with Gasteiger partial charge in [0.2, 0.25) is 0 Å². The number of nitrogens with zero attached hydrogens (tertiary/aromatic N) is 5. The highest BCUT2D eigenvalue weighted by atomic mass is 16.5. The van der Waals surface area contributed by atoms with Gasteiger partial charge in [-0.1, -0.05) is 6.92 Å². The highest BCUT2D eigenvalue weighted by molar-refractivity contribution is 5.85. The summed E-state index contributed by atoms with van der Waals surface area (Å²) in [7, 11) is 1.63. The van der Waals surface area contributed by atoms with E-state index in [1.807, 2.05) is 16.8 Å². The summed E-state index contributed by atoms with van der Waals surface area (Å²) in [5, 5.41) is 4.26. The molecule has 156 valence electrons. The van der Waals surface area contributed by atoms with E-state index < -0.39 is 0 Å². The Balaban J connectivity index is 1.63. The number of hydrogen-bond donors (Lipinski definition) is 1.